The Kier molecular flexibility index (Phi) is 3.72. The first-order valence-corrected chi connectivity index (χ1v) is 4.60. The monoisotopic (exact) mass is 229 g/mol. The van der Waals surface area contributed by atoms with Crippen LogP contribution >= 0.6 is 15.9 Å². The first-order chi connectivity index (χ1) is 5.77. The van der Waals surface area contributed by atoms with Gasteiger partial charge in [0.2, 0.25) is 0 Å². The van der Waals surface area contributed by atoms with Gasteiger partial charge < -0.3 is 10.4 Å². The van der Waals surface area contributed by atoms with E-state index < -0.39 is 0 Å². The third-order valence-corrected chi connectivity index (χ3v) is 2.41. The molecule has 2 N–H and O–H groups in total. The van der Waals surface area contributed by atoms with Crippen LogP contribution in [0.4, 0.5) is 0 Å². The second kappa shape index (κ2) is 4.60. The summed E-state index contributed by atoms with van der Waals surface area (Å²) in [4.78, 5) is 0. The lowest BCUT2D eigenvalue weighted by Crippen LogP contribution is -2.05. The zero-order chi connectivity index (χ0) is 8.97. The molecule has 0 aliphatic heterocycles. The van der Waals surface area contributed by atoms with Crippen molar-refractivity contribution in [3.05, 3.63) is 33.8 Å². The van der Waals surface area contributed by atoms with E-state index in [1.165, 1.54) is 5.56 Å². The lowest BCUT2D eigenvalue weighted by Gasteiger charge is -2.04. The van der Waals surface area contributed by atoms with Gasteiger partial charge in [0.15, 0.2) is 0 Å². The molecular weight excluding hydrogens is 218 g/mol. The van der Waals surface area contributed by atoms with E-state index in [0.29, 0.717) is 0 Å². The highest BCUT2D eigenvalue weighted by molar-refractivity contribution is 9.10. The number of benzene rings is 1. The molecule has 0 heterocycles. The molecule has 0 fully saturated rings. The molecule has 12 heavy (non-hydrogen) atoms. The van der Waals surface area contributed by atoms with Gasteiger partial charge in [-0.3, -0.25) is 0 Å². The van der Waals surface area contributed by atoms with Crippen molar-refractivity contribution in [2.24, 2.45) is 0 Å². The topological polar surface area (TPSA) is 32.3 Å². The molecule has 0 aliphatic carbocycles. The summed E-state index contributed by atoms with van der Waals surface area (Å²) in [5.41, 5.74) is 2.14. The minimum atomic E-state index is 0.0957. The quantitative estimate of drug-likeness (QED) is 0.827. The van der Waals surface area contributed by atoms with Crippen LogP contribution in [0, 0.1) is 0 Å². The molecule has 66 valence electrons. The number of rotatable bonds is 3. The summed E-state index contributed by atoms with van der Waals surface area (Å²) >= 11 is 3.44. The predicted molar refractivity (Wildman–Crippen MR) is 52.8 cm³/mol. The molecule has 1 aromatic rings. The Morgan fingerprint density at radius 2 is 2.25 bits per heavy atom. The SMILES string of the molecule is CNCc1ccc(CO)cc1Br. The third kappa shape index (κ3) is 2.30. The number of aliphatic hydroxyl groups is 1. The van der Waals surface area contributed by atoms with Crippen molar-refractivity contribution >= 4 is 15.9 Å². The molecule has 0 aliphatic rings. The molecule has 0 saturated heterocycles. The predicted octanol–water partition coefficient (Wildman–Crippen LogP) is 1.66. The fourth-order valence-corrected chi connectivity index (χ4v) is 1.59. The molecule has 0 radical (unpaired) electrons. The maximum Gasteiger partial charge on any atom is 0.0682 e. The maximum absolute atomic E-state index is 8.85. The van der Waals surface area contributed by atoms with Crippen LogP contribution in [0.3, 0.4) is 0 Å². The average Bonchev–Trinajstić information content (AvgIpc) is 2.09. The summed E-state index contributed by atoms with van der Waals surface area (Å²) in [6, 6.07) is 5.87. The smallest absolute Gasteiger partial charge is 0.0682 e. The highest BCUT2D eigenvalue weighted by Crippen LogP contribution is 2.18. The molecule has 0 unspecified atom stereocenters. The van der Waals surface area contributed by atoms with Gasteiger partial charge in [0.25, 0.3) is 0 Å². The largest absolute Gasteiger partial charge is 0.392 e. The summed E-state index contributed by atoms with van der Waals surface area (Å²) in [5, 5.41) is 11.9. The molecule has 0 saturated carbocycles. The van der Waals surface area contributed by atoms with Crippen LogP contribution in [-0.2, 0) is 13.2 Å². The fourth-order valence-electron chi connectivity index (χ4n) is 1.02. The normalized spacial score (nSPS) is 10.2. The minimum Gasteiger partial charge on any atom is -0.392 e. The zero-order valence-electron chi connectivity index (χ0n) is 6.97. The Morgan fingerprint density at radius 3 is 2.75 bits per heavy atom. The summed E-state index contributed by atoms with van der Waals surface area (Å²) in [7, 11) is 1.91. The fraction of sp³-hybridized carbons (Fsp3) is 0.333. The molecule has 2 nitrogen and oxygen atoms in total. The maximum atomic E-state index is 8.85. The third-order valence-electron chi connectivity index (χ3n) is 1.67. The van der Waals surface area contributed by atoms with Gasteiger partial charge in [-0.2, -0.15) is 0 Å². The zero-order valence-corrected chi connectivity index (χ0v) is 8.56. The van der Waals surface area contributed by atoms with E-state index in [2.05, 4.69) is 21.2 Å². The molecule has 0 atom stereocenters. The van der Waals surface area contributed by atoms with E-state index in [4.69, 9.17) is 5.11 Å². The second-order valence-electron chi connectivity index (χ2n) is 2.61. The van der Waals surface area contributed by atoms with E-state index >= 15 is 0 Å². The van der Waals surface area contributed by atoms with Crippen molar-refractivity contribution in [1.82, 2.24) is 5.32 Å². The summed E-state index contributed by atoms with van der Waals surface area (Å²) in [6.07, 6.45) is 0. The van der Waals surface area contributed by atoms with Crippen LogP contribution in [0.2, 0.25) is 0 Å². The van der Waals surface area contributed by atoms with Crippen LogP contribution < -0.4 is 5.32 Å². The number of hydrogen-bond acceptors (Lipinski definition) is 2. The minimum absolute atomic E-state index is 0.0957. The molecule has 1 aromatic carbocycles. The van der Waals surface area contributed by atoms with Gasteiger partial charge in [-0.05, 0) is 24.2 Å². The van der Waals surface area contributed by atoms with Crippen molar-refractivity contribution in [3.8, 4) is 0 Å². The van der Waals surface area contributed by atoms with Gasteiger partial charge in [0, 0.05) is 11.0 Å². The highest BCUT2D eigenvalue weighted by Gasteiger charge is 1.99. The summed E-state index contributed by atoms with van der Waals surface area (Å²) in [5.74, 6) is 0. The molecule has 1 rings (SSSR count). The lowest BCUT2D eigenvalue weighted by molar-refractivity contribution is 0.281. The van der Waals surface area contributed by atoms with Gasteiger partial charge in [-0.1, -0.05) is 28.1 Å². The van der Waals surface area contributed by atoms with Gasteiger partial charge >= 0.3 is 0 Å². The van der Waals surface area contributed by atoms with Crippen LogP contribution in [0.5, 0.6) is 0 Å². The van der Waals surface area contributed by atoms with Crippen molar-refractivity contribution < 1.29 is 5.11 Å². The molecule has 0 amide bonds. The van der Waals surface area contributed by atoms with E-state index in [9.17, 15) is 0 Å². The molecule has 3 heteroatoms. The Bertz CT molecular complexity index is 263. The van der Waals surface area contributed by atoms with E-state index in [-0.39, 0.29) is 6.61 Å². The standard InChI is InChI=1S/C9H12BrNO/c1-11-5-8-3-2-7(6-12)4-9(8)10/h2-4,11-12H,5-6H2,1H3. The lowest BCUT2D eigenvalue weighted by atomic mass is 10.1. The summed E-state index contributed by atoms with van der Waals surface area (Å²) in [6.45, 7) is 0.935. The molecule has 0 spiro atoms. The van der Waals surface area contributed by atoms with Crippen LogP contribution in [0.25, 0.3) is 0 Å². The number of aliphatic hydroxyl groups excluding tert-OH is 1. The first kappa shape index (κ1) is 9.71. The van der Waals surface area contributed by atoms with E-state index in [1.54, 1.807) is 0 Å². The van der Waals surface area contributed by atoms with Gasteiger partial charge in [-0.15, -0.1) is 0 Å². The Morgan fingerprint density at radius 1 is 1.50 bits per heavy atom. The first-order valence-electron chi connectivity index (χ1n) is 3.80. The average molecular weight is 230 g/mol. The van der Waals surface area contributed by atoms with Crippen LogP contribution in [0.15, 0.2) is 22.7 Å². The molecule has 0 bridgehead atoms. The summed E-state index contributed by atoms with van der Waals surface area (Å²) < 4.78 is 1.04. The number of halogens is 1. The van der Waals surface area contributed by atoms with Crippen molar-refractivity contribution in [2.75, 3.05) is 7.05 Å². The Hall–Kier alpha value is -0.380. The van der Waals surface area contributed by atoms with Crippen molar-refractivity contribution in [1.29, 1.82) is 0 Å². The number of hydrogen-bond donors (Lipinski definition) is 2. The molecular formula is C9H12BrNO. The van der Waals surface area contributed by atoms with E-state index in [1.807, 2.05) is 25.2 Å². The van der Waals surface area contributed by atoms with Crippen molar-refractivity contribution in [3.63, 3.8) is 0 Å². The van der Waals surface area contributed by atoms with E-state index in [0.717, 1.165) is 16.6 Å². The Balaban J connectivity index is 2.87. The van der Waals surface area contributed by atoms with Crippen LogP contribution in [-0.4, -0.2) is 12.2 Å². The Labute approximate surface area is 80.7 Å². The van der Waals surface area contributed by atoms with Gasteiger partial charge in [0.1, 0.15) is 0 Å². The second-order valence-corrected chi connectivity index (χ2v) is 3.47. The number of nitrogens with one attached hydrogen (secondary N) is 1. The van der Waals surface area contributed by atoms with Crippen molar-refractivity contribution in [2.45, 2.75) is 13.2 Å². The molecule has 0 aromatic heterocycles. The van der Waals surface area contributed by atoms with Crippen LogP contribution in [0.1, 0.15) is 11.1 Å². The highest BCUT2D eigenvalue weighted by atomic mass is 79.9. The van der Waals surface area contributed by atoms with Gasteiger partial charge in [0.05, 0.1) is 6.61 Å². The van der Waals surface area contributed by atoms with Gasteiger partial charge in [-0.25, -0.2) is 0 Å².